The summed E-state index contributed by atoms with van der Waals surface area (Å²) < 4.78 is 0. The summed E-state index contributed by atoms with van der Waals surface area (Å²) in [4.78, 5) is 12.6. The molecule has 1 atom stereocenters. The largest absolute Gasteiger partial charge is 0.305 e. The van der Waals surface area contributed by atoms with Crippen molar-refractivity contribution >= 4 is 29.0 Å². The van der Waals surface area contributed by atoms with Gasteiger partial charge in [-0.2, -0.15) is 0 Å². The summed E-state index contributed by atoms with van der Waals surface area (Å²) in [6, 6.07) is 5.32. The van der Waals surface area contributed by atoms with E-state index < -0.39 is 0 Å². The van der Waals surface area contributed by atoms with E-state index in [0.717, 1.165) is 37.8 Å². The molecule has 2 rings (SSSR count). The maximum atomic E-state index is 12.6. The summed E-state index contributed by atoms with van der Waals surface area (Å²) in [6.45, 7) is 3.05. The second-order valence-corrected chi connectivity index (χ2v) is 6.04. The fourth-order valence-corrected chi connectivity index (χ4v) is 3.31. The number of nitrogens with one attached hydrogen (secondary N) is 1. The molecular weight excluding hydrogens is 281 g/mol. The van der Waals surface area contributed by atoms with Crippen LogP contribution in [0.5, 0.6) is 0 Å². The Labute approximate surface area is 124 Å². The van der Waals surface area contributed by atoms with Gasteiger partial charge in [-0.15, -0.1) is 0 Å². The van der Waals surface area contributed by atoms with Crippen molar-refractivity contribution in [2.45, 2.75) is 44.6 Å². The molecule has 4 heteroatoms. The third kappa shape index (κ3) is 3.31. The number of carbonyl (C=O) groups excluding carboxylic acids is 1. The van der Waals surface area contributed by atoms with Gasteiger partial charge in [0.1, 0.15) is 0 Å². The summed E-state index contributed by atoms with van der Waals surface area (Å²) in [6.07, 6.45) is 4.29. The molecule has 1 aromatic rings. The molecule has 0 amide bonds. The second-order valence-electron chi connectivity index (χ2n) is 5.20. The topological polar surface area (TPSA) is 29.1 Å². The molecule has 0 bridgehead atoms. The van der Waals surface area contributed by atoms with Crippen LogP contribution < -0.4 is 5.32 Å². The quantitative estimate of drug-likeness (QED) is 0.889. The van der Waals surface area contributed by atoms with Gasteiger partial charge < -0.3 is 5.32 Å². The fraction of sp³-hybridized carbons (Fsp3) is 0.533. The number of ketones is 1. The molecule has 0 saturated carbocycles. The lowest BCUT2D eigenvalue weighted by atomic mass is 9.84. The molecule has 1 aromatic carbocycles. The Hall–Kier alpha value is -0.570. The van der Waals surface area contributed by atoms with Crippen LogP contribution in [0.25, 0.3) is 0 Å². The first-order valence-electron chi connectivity index (χ1n) is 6.79. The first kappa shape index (κ1) is 14.8. The smallest absolute Gasteiger partial charge is 0.157 e. The van der Waals surface area contributed by atoms with Crippen molar-refractivity contribution in [1.82, 2.24) is 5.32 Å². The molecular formula is C15H19Cl2NO. The number of carbonyl (C=O) groups is 1. The summed E-state index contributed by atoms with van der Waals surface area (Å²) in [7, 11) is 0. The van der Waals surface area contributed by atoms with Crippen LogP contribution in [0.1, 0.15) is 38.2 Å². The highest BCUT2D eigenvalue weighted by Gasteiger charge is 2.39. The first-order valence-corrected chi connectivity index (χ1v) is 7.55. The summed E-state index contributed by atoms with van der Waals surface area (Å²) in [5.41, 5.74) is 0.526. The van der Waals surface area contributed by atoms with Crippen LogP contribution in [0.4, 0.5) is 0 Å². The van der Waals surface area contributed by atoms with Gasteiger partial charge in [-0.3, -0.25) is 4.79 Å². The van der Waals surface area contributed by atoms with Crippen LogP contribution >= 0.6 is 23.2 Å². The zero-order valence-electron chi connectivity index (χ0n) is 11.1. The van der Waals surface area contributed by atoms with E-state index in [1.165, 1.54) is 0 Å². The van der Waals surface area contributed by atoms with Gasteiger partial charge in [0.05, 0.1) is 5.54 Å². The highest BCUT2D eigenvalue weighted by Crippen LogP contribution is 2.29. The van der Waals surface area contributed by atoms with Gasteiger partial charge in [-0.1, -0.05) is 42.6 Å². The Morgan fingerprint density at radius 3 is 2.79 bits per heavy atom. The van der Waals surface area contributed by atoms with Crippen LogP contribution in [0.3, 0.4) is 0 Å². The summed E-state index contributed by atoms with van der Waals surface area (Å²) >= 11 is 12.0. The normalized spacial score (nSPS) is 22.7. The molecule has 1 saturated heterocycles. The minimum atomic E-state index is -0.336. The van der Waals surface area contributed by atoms with Crippen molar-refractivity contribution in [3.63, 3.8) is 0 Å². The van der Waals surface area contributed by atoms with Gasteiger partial charge in [-0.05, 0) is 43.5 Å². The third-order valence-electron chi connectivity index (χ3n) is 3.82. The summed E-state index contributed by atoms with van der Waals surface area (Å²) in [5.74, 6) is 0.246. The van der Waals surface area contributed by atoms with Crippen molar-refractivity contribution in [1.29, 1.82) is 0 Å². The molecule has 2 nitrogen and oxygen atoms in total. The fourth-order valence-electron chi connectivity index (χ4n) is 2.83. The lowest BCUT2D eigenvalue weighted by Crippen LogP contribution is -2.48. The molecule has 0 aliphatic carbocycles. The molecule has 1 N–H and O–H groups in total. The van der Waals surface area contributed by atoms with Crippen molar-refractivity contribution in [3.05, 3.63) is 33.8 Å². The van der Waals surface area contributed by atoms with Gasteiger partial charge in [0.15, 0.2) is 5.78 Å². The van der Waals surface area contributed by atoms with Gasteiger partial charge >= 0.3 is 0 Å². The summed E-state index contributed by atoms with van der Waals surface area (Å²) in [5, 5.41) is 4.58. The SMILES string of the molecule is CCCC1(C(=O)Cc2ccc(Cl)cc2Cl)CCCN1. The van der Waals surface area contributed by atoms with E-state index in [1.807, 2.05) is 6.07 Å². The van der Waals surface area contributed by atoms with Gasteiger partial charge in [0.2, 0.25) is 0 Å². The van der Waals surface area contributed by atoms with E-state index in [-0.39, 0.29) is 11.3 Å². The Bertz CT molecular complexity index is 467. The third-order valence-corrected chi connectivity index (χ3v) is 4.41. The Morgan fingerprint density at radius 1 is 1.42 bits per heavy atom. The Balaban J connectivity index is 2.15. The van der Waals surface area contributed by atoms with Crippen molar-refractivity contribution in [2.24, 2.45) is 0 Å². The molecule has 1 fully saturated rings. The van der Waals surface area contributed by atoms with Gasteiger partial charge in [0.25, 0.3) is 0 Å². The van der Waals surface area contributed by atoms with E-state index in [1.54, 1.807) is 12.1 Å². The maximum absolute atomic E-state index is 12.6. The van der Waals surface area contributed by atoms with Crippen LogP contribution in [0.2, 0.25) is 10.0 Å². The zero-order chi connectivity index (χ0) is 13.9. The zero-order valence-corrected chi connectivity index (χ0v) is 12.7. The lowest BCUT2D eigenvalue weighted by molar-refractivity contribution is -0.124. The number of benzene rings is 1. The monoisotopic (exact) mass is 299 g/mol. The average Bonchev–Trinajstić information content (AvgIpc) is 2.83. The molecule has 1 aliphatic rings. The molecule has 0 spiro atoms. The first-order chi connectivity index (χ1) is 9.07. The maximum Gasteiger partial charge on any atom is 0.157 e. The van der Waals surface area contributed by atoms with E-state index in [9.17, 15) is 4.79 Å². The minimum Gasteiger partial charge on any atom is -0.305 e. The van der Waals surface area contributed by atoms with E-state index in [4.69, 9.17) is 23.2 Å². The number of rotatable bonds is 5. The molecule has 1 aliphatic heterocycles. The lowest BCUT2D eigenvalue weighted by Gasteiger charge is -2.27. The van der Waals surface area contributed by atoms with Crippen LogP contribution in [-0.2, 0) is 11.2 Å². The Morgan fingerprint density at radius 2 is 2.21 bits per heavy atom. The Kier molecular flexibility index (Phi) is 4.88. The average molecular weight is 300 g/mol. The number of Topliss-reactive ketones (excluding diaryl/α,β-unsaturated/α-hetero) is 1. The van der Waals surface area contributed by atoms with Crippen molar-refractivity contribution in [2.75, 3.05) is 6.54 Å². The molecule has 0 aromatic heterocycles. The predicted molar refractivity (Wildman–Crippen MR) is 80.0 cm³/mol. The highest BCUT2D eigenvalue weighted by molar-refractivity contribution is 6.35. The van der Waals surface area contributed by atoms with Crippen LogP contribution in [0, 0.1) is 0 Å². The van der Waals surface area contributed by atoms with Gasteiger partial charge in [0, 0.05) is 16.5 Å². The number of hydrogen-bond acceptors (Lipinski definition) is 2. The minimum absolute atomic E-state index is 0.246. The van der Waals surface area contributed by atoms with Gasteiger partial charge in [-0.25, -0.2) is 0 Å². The van der Waals surface area contributed by atoms with Crippen LogP contribution in [0.15, 0.2) is 18.2 Å². The second kappa shape index (κ2) is 6.25. The molecule has 104 valence electrons. The molecule has 1 unspecified atom stereocenters. The number of halogens is 2. The van der Waals surface area contributed by atoms with Crippen molar-refractivity contribution in [3.8, 4) is 0 Å². The van der Waals surface area contributed by atoms with Crippen LogP contribution in [-0.4, -0.2) is 17.9 Å². The van der Waals surface area contributed by atoms with E-state index in [0.29, 0.717) is 16.5 Å². The highest BCUT2D eigenvalue weighted by atomic mass is 35.5. The van der Waals surface area contributed by atoms with E-state index in [2.05, 4.69) is 12.2 Å². The van der Waals surface area contributed by atoms with Crippen molar-refractivity contribution < 1.29 is 4.79 Å². The molecule has 0 radical (unpaired) electrons. The van der Waals surface area contributed by atoms with E-state index >= 15 is 0 Å². The predicted octanol–water partition coefficient (Wildman–Crippen LogP) is 4.03. The standard InChI is InChI=1S/C15H19Cl2NO/c1-2-6-15(7-3-8-18-15)14(19)9-11-4-5-12(16)10-13(11)17/h4-5,10,18H,2-3,6-9H2,1H3. The number of hydrogen-bond donors (Lipinski definition) is 1. The molecule has 1 heterocycles. The molecule has 19 heavy (non-hydrogen) atoms.